The van der Waals surface area contributed by atoms with E-state index in [2.05, 4.69) is 19.9 Å². The molecular weight excluding hydrogens is 339 g/mol. The molecule has 3 heterocycles. The zero-order valence-corrected chi connectivity index (χ0v) is 15.3. The molecule has 0 aromatic carbocycles. The minimum absolute atomic E-state index is 0.148. The van der Waals surface area contributed by atoms with Gasteiger partial charge in [0.2, 0.25) is 0 Å². The maximum Gasteiger partial charge on any atom is 0.159 e. The molecule has 1 fully saturated rings. The molecule has 2 aromatic rings. The third kappa shape index (κ3) is 5.64. The van der Waals surface area contributed by atoms with E-state index in [9.17, 15) is 9.18 Å². The van der Waals surface area contributed by atoms with Crippen molar-refractivity contribution in [3.63, 3.8) is 0 Å². The first-order valence-corrected chi connectivity index (χ1v) is 9.52. The summed E-state index contributed by atoms with van der Waals surface area (Å²) in [5, 5.41) is 0.897. The first-order chi connectivity index (χ1) is 12.1. The van der Waals surface area contributed by atoms with Crippen molar-refractivity contribution in [3.05, 3.63) is 40.1 Å². The number of aromatic nitrogens is 3. The van der Waals surface area contributed by atoms with Crippen molar-refractivity contribution in [2.45, 2.75) is 45.6 Å². The Labute approximate surface area is 151 Å². The van der Waals surface area contributed by atoms with Crippen LogP contribution < -0.4 is 0 Å². The largest absolute Gasteiger partial charge is 0.300 e. The van der Waals surface area contributed by atoms with Gasteiger partial charge in [0.05, 0.1) is 18.8 Å². The predicted molar refractivity (Wildman–Crippen MR) is 94.8 cm³/mol. The molecule has 25 heavy (non-hydrogen) atoms. The number of carbonyl (C=O) groups is 1. The van der Waals surface area contributed by atoms with E-state index < -0.39 is 5.82 Å². The summed E-state index contributed by atoms with van der Waals surface area (Å²) in [7, 11) is 0. The standard InChI is InChI=1S/C18H23FN4OS/c1-13(24)6-18-22-10-16(25-18)12-23-5-3-2-4-14(11-23)7-17-20-8-15(19)9-21-17/h8-10,14H,2-7,11-12H2,1H3. The Bertz CT molecular complexity index is 703. The maximum atomic E-state index is 13.0. The van der Waals surface area contributed by atoms with Crippen molar-refractivity contribution in [2.24, 2.45) is 5.92 Å². The lowest BCUT2D eigenvalue weighted by Gasteiger charge is -2.23. The maximum absolute atomic E-state index is 13.0. The Balaban J connectivity index is 1.58. The van der Waals surface area contributed by atoms with Crippen LogP contribution in [0.1, 0.15) is 41.9 Å². The molecule has 1 unspecified atom stereocenters. The summed E-state index contributed by atoms with van der Waals surface area (Å²) in [6, 6.07) is 0. The molecule has 0 aliphatic carbocycles. The topological polar surface area (TPSA) is 59.0 Å². The molecule has 0 spiro atoms. The molecule has 1 aliphatic rings. The van der Waals surface area contributed by atoms with E-state index >= 15 is 0 Å². The van der Waals surface area contributed by atoms with Gasteiger partial charge in [0, 0.05) is 30.6 Å². The number of ketones is 1. The van der Waals surface area contributed by atoms with Crippen molar-refractivity contribution >= 4 is 17.1 Å². The number of halogens is 1. The Morgan fingerprint density at radius 2 is 2.08 bits per heavy atom. The summed E-state index contributed by atoms with van der Waals surface area (Å²) < 4.78 is 13.0. The molecule has 0 saturated carbocycles. The fourth-order valence-corrected chi connectivity index (χ4v) is 4.30. The number of thiazole rings is 1. The van der Waals surface area contributed by atoms with Gasteiger partial charge in [0.1, 0.15) is 16.6 Å². The summed E-state index contributed by atoms with van der Waals surface area (Å²) in [5.74, 6) is 0.959. The van der Waals surface area contributed by atoms with Crippen LogP contribution in [-0.4, -0.2) is 38.7 Å². The summed E-state index contributed by atoms with van der Waals surface area (Å²) in [6.45, 7) is 4.52. The zero-order valence-electron chi connectivity index (χ0n) is 14.4. The Kier molecular flexibility index (Phi) is 6.20. The molecular formula is C18H23FN4OS. The fourth-order valence-electron chi connectivity index (χ4n) is 3.27. The third-order valence-corrected chi connectivity index (χ3v) is 5.36. The lowest BCUT2D eigenvalue weighted by Crippen LogP contribution is -2.28. The Morgan fingerprint density at radius 3 is 2.84 bits per heavy atom. The van der Waals surface area contributed by atoms with Crippen molar-refractivity contribution < 1.29 is 9.18 Å². The monoisotopic (exact) mass is 362 g/mol. The molecule has 0 amide bonds. The van der Waals surface area contributed by atoms with Gasteiger partial charge in [0.25, 0.3) is 0 Å². The highest BCUT2D eigenvalue weighted by atomic mass is 32.1. The van der Waals surface area contributed by atoms with Crippen LogP contribution in [0.25, 0.3) is 0 Å². The van der Waals surface area contributed by atoms with E-state index in [4.69, 9.17) is 0 Å². The van der Waals surface area contributed by atoms with Gasteiger partial charge in [-0.3, -0.25) is 9.69 Å². The number of likely N-dealkylation sites (tertiary alicyclic amines) is 1. The molecule has 0 bridgehead atoms. The van der Waals surface area contributed by atoms with Crippen LogP contribution in [-0.2, 0) is 24.2 Å². The molecule has 7 heteroatoms. The predicted octanol–water partition coefficient (Wildman–Crippen LogP) is 3.05. The smallest absolute Gasteiger partial charge is 0.159 e. The highest BCUT2D eigenvalue weighted by Crippen LogP contribution is 2.23. The van der Waals surface area contributed by atoms with Gasteiger partial charge >= 0.3 is 0 Å². The lowest BCUT2D eigenvalue weighted by atomic mass is 9.99. The number of nitrogens with zero attached hydrogens (tertiary/aromatic N) is 4. The van der Waals surface area contributed by atoms with E-state index in [1.807, 2.05) is 6.20 Å². The van der Waals surface area contributed by atoms with E-state index in [0.29, 0.717) is 12.3 Å². The minimum Gasteiger partial charge on any atom is -0.300 e. The molecule has 0 radical (unpaired) electrons. The van der Waals surface area contributed by atoms with Gasteiger partial charge in [-0.1, -0.05) is 6.42 Å². The average molecular weight is 362 g/mol. The fraction of sp³-hybridized carbons (Fsp3) is 0.556. The van der Waals surface area contributed by atoms with Gasteiger partial charge in [0.15, 0.2) is 5.82 Å². The zero-order chi connectivity index (χ0) is 17.6. The molecule has 1 atom stereocenters. The summed E-state index contributed by atoms with van der Waals surface area (Å²) >= 11 is 1.63. The SMILES string of the molecule is CC(=O)Cc1ncc(CN2CCCCC(Cc3ncc(F)cn3)C2)s1. The van der Waals surface area contributed by atoms with Gasteiger partial charge in [-0.2, -0.15) is 0 Å². The summed E-state index contributed by atoms with van der Waals surface area (Å²) in [5.41, 5.74) is 0. The first-order valence-electron chi connectivity index (χ1n) is 8.70. The number of hydrogen-bond acceptors (Lipinski definition) is 6. The number of carbonyl (C=O) groups excluding carboxylic acids is 1. The van der Waals surface area contributed by atoms with Crippen LogP contribution in [0.2, 0.25) is 0 Å². The molecule has 2 aromatic heterocycles. The normalized spacial score (nSPS) is 18.9. The highest BCUT2D eigenvalue weighted by molar-refractivity contribution is 7.11. The van der Waals surface area contributed by atoms with Gasteiger partial charge in [-0.05, 0) is 32.2 Å². The van der Waals surface area contributed by atoms with E-state index in [1.165, 1.54) is 30.1 Å². The van der Waals surface area contributed by atoms with Gasteiger partial charge in [-0.15, -0.1) is 11.3 Å². The Morgan fingerprint density at radius 1 is 1.28 bits per heavy atom. The van der Waals surface area contributed by atoms with Crippen molar-refractivity contribution in [3.8, 4) is 0 Å². The lowest BCUT2D eigenvalue weighted by molar-refractivity contribution is -0.116. The minimum atomic E-state index is -0.391. The highest BCUT2D eigenvalue weighted by Gasteiger charge is 2.20. The molecule has 1 saturated heterocycles. The van der Waals surface area contributed by atoms with Crippen LogP contribution in [0.5, 0.6) is 0 Å². The second-order valence-corrected chi connectivity index (χ2v) is 7.92. The average Bonchev–Trinajstić information content (AvgIpc) is 2.87. The third-order valence-electron chi connectivity index (χ3n) is 4.38. The van der Waals surface area contributed by atoms with Crippen LogP contribution in [0.3, 0.4) is 0 Å². The van der Waals surface area contributed by atoms with Gasteiger partial charge < -0.3 is 0 Å². The van der Waals surface area contributed by atoms with Crippen molar-refractivity contribution in [2.75, 3.05) is 13.1 Å². The van der Waals surface area contributed by atoms with Gasteiger partial charge in [-0.25, -0.2) is 19.3 Å². The van der Waals surface area contributed by atoms with Crippen molar-refractivity contribution in [1.82, 2.24) is 19.9 Å². The molecule has 3 rings (SSSR count). The molecule has 1 aliphatic heterocycles. The molecule has 134 valence electrons. The Hall–Kier alpha value is -1.73. The quantitative estimate of drug-likeness (QED) is 0.790. The van der Waals surface area contributed by atoms with E-state index in [1.54, 1.807) is 18.3 Å². The number of Topliss-reactive ketones (excluding diaryl/α,β-unsaturated/α-hetero) is 1. The van der Waals surface area contributed by atoms with Crippen LogP contribution >= 0.6 is 11.3 Å². The molecule has 5 nitrogen and oxygen atoms in total. The van der Waals surface area contributed by atoms with Crippen molar-refractivity contribution in [1.29, 1.82) is 0 Å². The van der Waals surface area contributed by atoms with Crippen LogP contribution in [0, 0.1) is 11.7 Å². The van der Waals surface area contributed by atoms with E-state index in [0.717, 1.165) is 43.3 Å². The van der Waals surface area contributed by atoms with Crippen LogP contribution in [0.15, 0.2) is 18.6 Å². The van der Waals surface area contributed by atoms with Crippen LogP contribution in [0.4, 0.5) is 4.39 Å². The number of hydrogen-bond donors (Lipinski definition) is 0. The van der Waals surface area contributed by atoms with E-state index in [-0.39, 0.29) is 5.78 Å². The molecule has 0 N–H and O–H groups in total. The summed E-state index contributed by atoms with van der Waals surface area (Å²) in [6.07, 6.45) is 9.11. The first kappa shape index (κ1) is 18.1. The summed E-state index contributed by atoms with van der Waals surface area (Å²) in [4.78, 5) is 27.4. The number of rotatable bonds is 6. The second-order valence-electron chi connectivity index (χ2n) is 6.72. The second kappa shape index (κ2) is 8.58.